The van der Waals surface area contributed by atoms with E-state index in [1.165, 1.54) is 6.26 Å². The summed E-state index contributed by atoms with van der Waals surface area (Å²) < 4.78 is 0. The fourth-order valence-electron chi connectivity index (χ4n) is 0.336. The zero-order valence-electron chi connectivity index (χ0n) is 4.20. The third kappa shape index (κ3) is 0.974. The predicted octanol–water partition coefficient (Wildman–Crippen LogP) is -0.223. The van der Waals surface area contributed by atoms with Crippen LogP contribution in [0.3, 0.4) is 0 Å². The zero-order chi connectivity index (χ0) is 5.82. The lowest BCUT2D eigenvalue weighted by molar-refractivity contribution is -0.252. The Kier molecular flexibility index (Phi) is 1.48. The van der Waals surface area contributed by atoms with E-state index < -0.39 is 0 Å². The Morgan fingerprint density at radius 1 is 1.75 bits per heavy atom. The van der Waals surface area contributed by atoms with Gasteiger partial charge in [0.25, 0.3) is 0 Å². The first kappa shape index (κ1) is 5.11. The highest BCUT2D eigenvalue weighted by Crippen LogP contribution is 1.92. The van der Waals surface area contributed by atoms with E-state index in [-0.39, 0.29) is 0 Å². The van der Waals surface area contributed by atoms with Gasteiger partial charge in [-0.1, -0.05) is 0 Å². The van der Waals surface area contributed by atoms with Crippen LogP contribution >= 0.6 is 0 Å². The van der Waals surface area contributed by atoms with E-state index in [0.29, 0.717) is 12.3 Å². The summed E-state index contributed by atoms with van der Waals surface area (Å²) in [5, 5.41) is 3.43. The number of nitrogens with two attached hydrogens (primary N) is 1. The van der Waals surface area contributed by atoms with Gasteiger partial charge >= 0.3 is 0 Å². The number of hydrogen-bond acceptors (Lipinski definition) is 4. The minimum atomic E-state index is 0.375. The Hall–Kier alpha value is -1.03. The van der Waals surface area contributed by atoms with E-state index in [9.17, 15) is 0 Å². The van der Waals surface area contributed by atoms with Crippen LogP contribution in [0.5, 0.6) is 0 Å². The van der Waals surface area contributed by atoms with Crippen molar-refractivity contribution in [1.29, 1.82) is 0 Å². The van der Waals surface area contributed by atoms with Gasteiger partial charge < -0.3 is 5.73 Å². The van der Waals surface area contributed by atoms with Crippen molar-refractivity contribution in [2.45, 2.75) is 0 Å². The van der Waals surface area contributed by atoms with Crippen molar-refractivity contribution < 1.29 is 9.88 Å². The molecule has 1 heterocycles. The molecule has 0 fully saturated rings. The molecule has 44 valence electrons. The molecule has 0 aromatic heterocycles. The SMILES string of the molecule is NCC1=NOOC=C1. The lowest BCUT2D eigenvalue weighted by atomic mass is 10.4. The second-order valence-electron chi connectivity index (χ2n) is 1.26. The summed E-state index contributed by atoms with van der Waals surface area (Å²) in [5.74, 6) is 0. The summed E-state index contributed by atoms with van der Waals surface area (Å²) in [6, 6.07) is 0. The first-order valence-electron chi connectivity index (χ1n) is 2.19. The van der Waals surface area contributed by atoms with Crippen LogP contribution in [0.1, 0.15) is 0 Å². The molecule has 0 bridgehead atoms. The summed E-state index contributed by atoms with van der Waals surface area (Å²) >= 11 is 0. The summed E-state index contributed by atoms with van der Waals surface area (Å²) in [5.41, 5.74) is 5.86. The van der Waals surface area contributed by atoms with Crippen molar-refractivity contribution in [1.82, 2.24) is 0 Å². The number of oxime groups is 1. The third-order valence-corrected chi connectivity index (χ3v) is 0.723. The highest BCUT2D eigenvalue weighted by molar-refractivity contribution is 5.95. The fraction of sp³-hybridized carbons (Fsp3) is 0.250. The van der Waals surface area contributed by atoms with E-state index in [4.69, 9.17) is 5.73 Å². The summed E-state index contributed by atoms with van der Waals surface area (Å²) in [4.78, 5) is 8.47. The Morgan fingerprint density at radius 3 is 3.00 bits per heavy atom. The molecule has 1 rings (SSSR count). The average Bonchev–Trinajstić information content (AvgIpc) is 1.90. The highest BCUT2D eigenvalue weighted by Gasteiger charge is 1.95. The van der Waals surface area contributed by atoms with Gasteiger partial charge in [-0.25, -0.2) is 0 Å². The molecule has 0 amide bonds. The first-order valence-corrected chi connectivity index (χ1v) is 2.19. The van der Waals surface area contributed by atoms with Gasteiger partial charge in [0.2, 0.25) is 0 Å². The standard InChI is InChI=1S/C4H6N2O2/c5-3-4-1-2-7-8-6-4/h1-2H,3,5H2. The molecule has 4 heteroatoms. The van der Waals surface area contributed by atoms with Crippen molar-refractivity contribution >= 4 is 5.71 Å². The Balaban J connectivity index is 2.51. The highest BCUT2D eigenvalue weighted by atomic mass is 17.3. The molecule has 0 saturated carbocycles. The third-order valence-electron chi connectivity index (χ3n) is 0.723. The van der Waals surface area contributed by atoms with Crippen LogP contribution in [0, 0.1) is 0 Å². The van der Waals surface area contributed by atoms with E-state index in [2.05, 4.69) is 15.0 Å². The Bertz CT molecular complexity index is 130. The molecule has 0 atom stereocenters. The second-order valence-corrected chi connectivity index (χ2v) is 1.26. The molecule has 0 aromatic carbocycles. The van der Waals surface area contributed by atoms with Crippen LogP contribution < -0.4 is 5.73 Å². The summed E-state index contributed by atoms with van der Waals surface area (Å²) in [7, 11) is 0. The number of hydrogen-bond donors (Lipinski definition) is 1. The monoisotopic (exact) mass is 114 g/mol. The van der Waals surface area contributed by atoms with Crippen LogP contribution in [0.4, 0.5) is 0 Å². The molecular weight excluding hydrogens is 108 g/mol. The van der Waals surface area contributed by atoms with E-state index in [1.807, 2.05) is 0 Å². The van der Waals surface area contributed by atoms with Crippen LogP contribution in [-0.2, 0) is 9.88 Å². The van der Waals surface area contributed by atoms with Crippen molar-refractivity contribution in [3.05, 3.63) is 12.3 Å². The maximum absolute atomic E-state index is 5.19. The van der Waals surface area contributed by atoms with Gasteiger partial charge in [0.15, 0.2) is 0 Å². The van der Waals surface area contributed by atoms with Crippen molar-refractivity contribution in [2.75, 3.05) is 6.54 Å². The van der Waals surface area contributed by atoms with Gasteiger partial charge in [0.1, 0.15) is 12.0 Å². The Morgan fingerprint density at radius 2 is 2.62 bits per heavy atom. The maximum atomic E-state index is 5.19. The van der Waals surface area contributed by atoms with Gasteiger partial charge in [-0.2, -0.15) is 4.99 Å². The van der Waals surface area contributed by atoms with E-state index in [1.54, 1.807) is 6.08 Å². The largest absolute Gasteiger partial charge is 0.325 e. The molecule has 1 aliphatic rings. The lowest BCUT2D eigenvalue weighted by Crippen LogP contribution is -2.13. The molecule has 8 heavy (non-hydrogen) atoms. The molecule has 0 spiro atoms. The molecule has 2 N–H and O–H groups in total. The molecule has 0 aliphatic carbocycles. The molecule has 0 unspecified atom stereocenters. The minimum absolute atomic E-state index is 0.375. The quantitative estimate of drug-likeness (QED) is 0.479. The fourth-order valence-corrected chi connectivity index (χ4v) is 0.336. The number of nitrogens with zero attached hydrogens (tertiary/aromatic N) is 1. The summed E-state index contributed by atoms with van der Waals surface area (Å²) in [6.45, 7) is 0.375. The molecular formula is C4H6N2O2. The smallest absolute Gasteiger partial charge is 0.147 e. The van der Waals surface area contributed by atoms with Crippen LogP contribution in [0.15, 0.2) is 17.5 Å². The molecule has 1 aliphatic heterocycles. The first-order chi connectivity index (χ1) is 3.93. The van der Waals surface area contributed by atoms with Crippen LogP contribution in [0.25, 0.3) is 0 Å². The average molecular weight is 114 g/mol. The van der Waals surface area contributed by atoms with E-state index in [0.717, 1.165) is 0 Å². The topological polar surface area (TPSA) is 56.8 Å². The van der Waals surface area contributed by atoms with Crippen molar-refractivity contribution in [2.24, 2.45) is 10.9 Å². The summed E-state index contributed by atoms with van der Waals surface area (Å²) in [6.07, 6.45) is 3.03. The zero-order valence-corrected chi connectivity index (χ0v) is 4.20. The predicted molar refractivity (Wildman–Crippen MR) is 27.8 cm³/mol. The van der Waals surface area contributed by atoms with Crippen molar-refractivity contribution in [3.8, 4) is 0 Å². The van der Waals surface area contributed by atoms with Gasteiger partial charge in [-0.15, -0.1) is 0 Å². The molecule has 4 nitrogen and oxygen atoms in total. The van der Waals surface area contributed by atoms with Gasteiger partial charge in [0.05, 0.1) is 0 Å². The molecule has 0 saturated heterocycles. The van der Waals surface area contributed by atoms with Gasteiger partial charge in [-0.05, 0) is 5.16 Å². The molecule has 0 radical (unpaired) electrons. The van der Waals surface area contributed by atoms with Crippen LogP contribution in [0.2, 0.25) is 0 Å². The van der Waals surface area contributed by atoms with Crippen LogP contribution in [-0.4, -0.2) is 12.3 Å². The molecule has 0 aromatic rings. The van der Waals surface area contributed by atoms with Crippen molar-refractivity contribution in [3.63, 3.8) is 0 Å². The van der Waals surface area contributed by atoms with Gasteiger partial charge in [0, 0.05) is 12.6 Å². The van der Waals surface area contributed by atoms with Gasteiger partial charge in [-0.3, -0.25) is 4.89 Å². The minimum Gasteiger partial charge on any atom is -0.325 e. The van der Waals surface area contributed by atoms with E-state index >= 15 is 0 Å². The normalized spacial score (nSPS) is 16.4. The second kappa shape index (κ2) is 2.32. The maximum Gasteiger partial charge on any atom is 0.147 e. The lowest BCUT2D eigenvalue weighted by Gasteiger charge is -2.00. The Labute approximate surface area is 46.5 Å². The number of rotatable bonds is 1.